The second-order valence-electron chi connectivity index (χ2n) is 22.8. The molecule has 2 unspecified atom stereocenters. The summed E-state index contributed by atoms with van der Waals surface area (Å²) in [6.45, 7) is 4.90. The van der Waals surface area contributed by atoms with Crippen molar-refractivity contribution in [2.75, 3.05) is 13.2 Å². The van der Waals surface area contributed by atoms with Crippen LogP contribution in [0.3, 0.4) is 0 Å². The van der Waals surface area contributed by atoms with Crippen molar-refractivity contribution in [2.45, 2.75) is 379 Å². The van der Waals surface area contributed by atoms with E-state index in [0.717, 1.165) is 44.9 Å². The van der Waals surface area contributed by atoms with Gasteiger partial charge in [0.1, 0.15) is 0 Å². The van der Waals surface area contributed by atoms with Crippen molar-refractivity contribution in [1.82, 2.24) is 5.32 Å². The molecule has 0 saturated heterocycles. The Hall–Kier alpha value is -1.66. The number of aliphatic hydroxyl groups is 2. The second kappa shape index (κ2) is 62.9. The highest BCUT2D eigenvalue weighted by atomic mass is 16.5. The SMILES string of the molecule is CCCCCCCCC/C=C\CCCCCCCC(=O)OCCCCCCCCCCCCCCCCCCCCCCCCCCCCCCCCC(=O)NC(CO)C(O)/C=C/CCCCCCCCCC. The number of esters is 1. The lowest BCUT2D eigenvalue weighted by atomic mass is 10.0. The number of ether oxygens (including phenoxy) is 1. The molecule has 0 saturated carbocycles. The smallest absolute Gasteiger partial charge is 0.305 e. The van der Waals surface area contributed by atoms with Gasteiger partial charge >= 0.3 is 5.97 Å². The molecule has 0 bridgehead atoms. The predicted molar refractivity (Wildman–Crippen MR) is 320 cm³/mol. The molecule has 0 rings (SSSR count). The van der Waals surface area contributed by atoms with Gasteiger partial charge in [0.25, 0.3) is 0 Å². The molecule has 73 heavy (non-hydrogen) atoms. The molecule has 1 amide bonds. The molecule has 0 radical (unpaired) electrons. The summed E-state index contributed by atoms with van der Waals surface area (Å²) in [5.41, 5.74) is 0. The van der Waals surface area contributed by atoms with Crippen LogP contribution < -0.4 is 5.32 Å². The van der Waals surface area contributed by atoms with Gasteiger partial charge in [0.2, 0.25) is 5.91 Å². The number of allylic oxidation sites excluding steroid dienone is 3. The zero-order valence-corrected chi connectivity index (χ0v) is 49.4. The van der Waals surface area contributed by atoms with E-state index in [9.17, 15) is 19.8 Å². The van der Waals surface area contributed by atoms with Gasteiger partial charge in [0.15, 0.2) is 0 Å². The van der Waals surface area contributed by atoms with Gasteiger partial charge in [-0.2, -0.15) is 0 Å². The van der Waals surface area contributed by atoms with Crippen LogP contribution in [0.2, 0.25) is 0 Å². The molecular weight excluding hydrogens is 899 g/mol. The lowest BCUT2D eigenvalue weighted by molar-refractivity contribution is -0.143. The molecular formula is C67H129NO5. The molecule has 0 spiro atoms. The first-order valence-corrected chi connectivity index (χ1v) is 33.1. The van der Waals surface area contributed by atoms with E-state index in [0.29, 0.717) is 19.4 Å². The Morgan fingerprint density at radius 2 is 0.644 bits per heavy atom. The first-order valence-electron chi connectivity index (χ1n) is 33.1. The molecule has 6 nitrogen and oxygen atoms in total. The van der Waals surface area contributed by atoms with E-state index in [-0.39, 0.29) is 18.5 Å². The summed E-state index contributed by atoms with van der Waals surface area (Å²) in [5.74, 6) is -0.0520. The van der Waals surface area contributed by atoms with E-state index in [1.807, 2.05) is 6.08 Å². The summed E-state index contributed by atoms with van der Waals surface area (Å²) < 4.78 is 5.49. The number of unbranched alkanes of at least 4 members (excludes halogenated alkanes) is 49. The molecule has 6 heteroatoms. The fraction of sp³-hybridized carbons (Fsp3) is 0.910. The minimum absolute atomic E-state index is 0.0127. The second-order valence-corrected chi connectivity index (χ2v) is 22.8. The van der Waals surface area contributed by atoms with Crippen LogP contribution >= 0.6 is 0 Å². The summed E-state index contributed by atoms with van der Waals surface area (Å²) >= 11 is 0. The molecule has 0 aromatic heterocycles. The quantitative estimate of drug-likeness (QED) is 0.0320. The largest absolute Gasteiger partial charge is 0.466 e. The maximum atomic E-state index is 12.4. The molecule has 0 aliphatic heterocycles. The summed E-state index contributed by atoms with van der Waals surface area (Å²) in [4.78, 5) is 24.5. The Morgan fingerprint density at radius 3 is 0.973 bits per heavy atom. The Bertz CT molecular complexity index is 1140. The standard InChI is InChI=1S/C67H129NO5/c1-3-5-7-9-11-13-15-16-17-35-38-41-45-49-53-57-61-67(72)73-62-58-54-50-46-42-39-36-33-31-29-27-25-23-21-19-18-20-22-24-26-28-30-32-34-37-40-44-48-52-56-60-66(71)68-64(63-69)65(70)59-55-51-47-43-14-12-10-8-6-4-2/h17,35,55,59,64-65,69-70H,3-16,18-34,36-54,56-58,60-63H2,1-2H3,(H,68,71)/b35-17-,59-55+. The van der Waals surface area contributed by atoms with Crippen molar-refractivity contribution >= 4 is 11.9 Å². The van der Waals surface area contributed by atoms with Crippen LogP contribution in [0.15, 0.2) is 24.3 Å². The van der Waals surface area contributed by atoms with Gasteiger partial charge in [-0.15, -0.1) is 0 Å². The van der Waals surface area contributed by atoms with Gasteiger partial charge in [-0.3, -0.25) is 9.59 Å². The third-order valence-electron chi connectivity index (χ3n) is 15.5. The number of hydrogen-bond acceptors (Lipinski definition) is 5. The Morgan fingerprint density at radius 1 is 0.370 bits per heavy atom. The molecule has 0 aromatic carbocycles. The number of hydrogen-bond donors (Lipinski definition) is 3. The fourth-order valence-corrected chi connectivity index (χ4v) is 10.4. The number of aliphatic hydroxyl groups excluding tert-OH is 2. The maximum absolute atomic E-state index is 12.4. The van der Waals surface area contributed by atoms with Crippen LogP contribution in [0.25, 0.3) is 0 Å². The number of carbonyl (C=O) groups is 2. The highest BCUT2D eigenvalue weighted by Crippen LogP contribution is 2.18. The minimum Gasteiger partial charge on any atom is -0.466 e. The average Bonchev–Trinajstić information content (AvgIpc) is 3.39. The molecule has 432 valence electrons. The summed E-state index contributed by atoms with van der Waals surface area (Å²) in [7, 11) is 0. The zero-order chi connectivity index (χ0) is 52.9. The van der Waals surface area contributed by atoms with Gasteiger partial charge < -0.3 is 20.3 Å². The van der Waals surface area contributed by atoms with Crippen LogP contribution in [0.5, 0.6) is 0 Å². The van der Waals surface area contributed by atoms with Crippen LogP contribution in [0.4, 0.5) is 0 Å². The van der Waals surface area contributed by atoms with Gasteiger partial charge in [-0.1, -0.05) is 321 Å². The molecule has 0 fully saturated rings. The van der Waals surface area contributed by atoms with Gasteiger partial charge in [0, 0.05) is 12.8 Å². The first-order chi connectivity index (χ1) is 36.0. The Labute approximate surface area is 456 Å². The molecule has 3 N–H and O–H groups in total. The summed E-state index contributed by atoms with van der Waals surface area (Å²) in [6, 6.07) is -0.622. The van der Waals surface area contributed by atoms with Crippen molar-refractivity contribution < 1.29 is 24.5 Å². The number of amides is 1. The zero-order valence-electron chi connectivity index (χ0n) is 49.4. The highest BCUT2D eigenvalue weighted by molar-refractivity contribution is 5.76. The summed E-state index contributed by atoms with van der Waals surface area (Å²) in [5, 5.41) is 23.0. The van der Waals surface area contributed by atoms with E-state index in [1.54, 1.807) is 6.08 Å². The monoisotopic (exact) mass is 1030 g/mol. The lowest BCUT2D eigenvalue weighted by Gasteiger charge is -2.20. The predicted octanol–water partition coefficient (Wildman–Crippen LogP) is 21.0. The van der Waals surface area contributed by atoms with E-state index < -0.39 is 12.1 Å². The Kier molecular flexibility index (Phi) is 61.4. The van der Waals surface area contributed by atoms with Crippen LogP contribution in [-0.2, 0) is 14.3 Å². The molecule has 0 aromatic rings. The van der Waals surface area contributed by atoms with Crippen molar-refractivity contribution in [3.63, 3.8) is 0 Å². The maximum Gasteiger partial charge on any atom is 0.305 e. The van der Waals surface area contributed by atoms with Crippen molar-refractivity contribution in [1.29, 1.82) is 0 Å². The van der Waals surface area contributed by atoms with Crippen molar-refractivity contribution in [3.8, 4) is 0 Å². The normalized spacial score (nSPS) is 12.7. The van der Waals surface area contributed by atoms with Crippen molar-refractivity contribution in [2.24, 2.45) is 0 Å². The fourth-order valence-electron chi connectivity index (χ4n) is 10.4. The Balaban J connectivity index is 3.31. The minimum atomic E-state index is -0.839. The highest BCUT2D eigenvalue weighted by Gasteiger charge is 2.18. The van der Waals surface area contributed by atoms with Crippen LogP contribution in [0.1, 0.15) is 367 Å². The lowest BCUT2D eigenvalue weighted by Crippen LogP contribution is -2.45. The van der Waals surface area contributed by atoms with Crippen LogP contribution in [-0.4, -0.2) is 47.4 Å². The number of rotatable bonds is 62. The van der Waals surface area contributed by atoms with Crippen molar-refractivity contribution in [3.05, 3.63) is 24.3 Å². The average molecular weight is 1030 g/mol. The molecule has 0 heterocycles. The van der Waals surface area contributed by atoms with E-state index in [1.165, 1.54) is 295 Å². The van der Waals surface area contributed by atoms with Crippen LogP contribution in [0, 0.1) is 0 Å². The number of nitrogens with one attached hydrogen (secondary N) is 1. The van der Waals surface area contributed by atoms with E-state index in [4.69, 9.17) is 4.74 Å². The van der Waals surface area contributed by atoms with Gasteiger partial charge in [0.05, 0.1) is 25.4 Å². The van der Waals surface area contributed by atoms with E-state index >= 15 is 0 Å². The first kappa shape index (κ1) is 71.3. The molecule has 2 atom stereocenters. The third-order valence-corrected chi connectivity index (χ3v) is 15.5. The molecule has 0 aliphatic rings. The van der Waals surface area contributed by atoms with Gasteiger partial charge in [-0.25, -0.2) is 0 Å². The van der Waals surface area contributed by atoms with E-state index in [2.05, 4.69) is 31.3 Å². The third kappa shape index (κ3) is 59.4. The molecule has 0 aliphatic carbocycles. The number of carbonyl (C=O) groups excluding carboxylic acids is 2. The van der Waals surface area contributed by atoms with Gasteiger partial charge in [-0.05, 0) is 57.8 Å². The summed E-state index contributed by atoms with van der Waals surface area (Å²) in [6.07, 6.45) is 78.3. The topological polar surface area (TPSA) is 95.9 Å².